The highest BCUT2D eigenvalue weighted by molar-refractivity contribution is 6.05. The number of anilines is 2. The Morgan fingerprint density at radius 1 is 1.21 bits per heavy atom. The first-order chi connectivity index (χ1) is 9.29. The number of nitrogens with zero attached hydrogens (tertiary/aromatic N) is 3. The van der Waals surface area contributed by atoms with Crippen molar-refractivity contribution in [2.75, 3.05) is 16.9 Å². The molecule has 6 nitrogen and oxygen atoms in total. The number of hydrogen-bond acceptors (Lipinski definition) is 5. The zero-order valence-electron chi connectivity index (χ0n) is 10.2. The SMILES string of the molecule is NNc1ccc(C(=O)N2CCc3ccccc32)nn1. The van der Waals surface area contributed by atoms with Gasteiger partial charge in [0.15, 0.2) is 11.5 Å². The van der Waals surface area contributed by atoms with E-state index in [0.717, 1.165) is 12.1 Å². The van der Waals surface area contributed by atoms with Crippen LogP contribution in [0.15, 0.2) is 36.4 Å². The molecule has 0 spiro atoms. The summed E-state index contributed by atoms with van der Waals surface area (Å²) in [5.74, 6) is 5.50. The summed E-state index contributed by atoms with van der Waals surface area (Å²) in [5, 5.41) is 7.70. The van der Waals surface area contributed by atoms with Crippen LogP contribution in [0.2, 0.25) is 0 Å². The standard InChI is InChI=1S/C13H13N5O/c14-15-12-6-5-10(16-17-12)13(19)18-8-7-9-3-1-2-4-11(9)18/h1-6H,7-8,14H2,(H,15,17). The van der Waals surface area contributed by atoms with E-state index in [4.69, 9.17) is 5.84 Å². The van der Waals surface area contributed by atoms with Crippen molar-refractivity contribution in [3.05, 3.63) is 47.7 Å². The maximum Gasteiger partial charge on any atom is 0.278 e. The Hall–Kier alpha value is -2.47. The number of nitrogen functional groups attached to an aromatic ring is 1. The van der Waals surface area contributed by atoms with Crippen LogP contribution in [0.25, 0.3) is 0 Å². The Morgan fingerprint density at radius 3 is 2.79 bits per heavy atom. The second-order valence-corrected chi connectivity index (χ2v) is 4.28. The lowest BCUT2D eigenvalue weighted by Gasteiger charge is -2.16. The Morgan fingerprint density at radius 2 is 2.05 bits per heavy atom. The Kier molecular flexibility index (Phi) is 2.85. The lowest BCUT2D eigenvalue weighted by Crippen LogP contribution is -2.29. The maximum absolute atomic E-state index is 12.4. The predicted molar refractivity (Wildman–Crippen MR) is 71.7 cm³/mol. The molecule has 96 valence electrons. The largest absolute Gasteiger partial charge is 0.307 e. The van der Waals surface area contributed by atoms with E-state index < -0.39 is 0 Å². The molecular formula is C13H13N5O. The van der Waals surface area contributed by atoms with E-state index in [-0.39, 0.29) is 5.91 Å². The first-order valence-corrected chi connectivity index (χ1v) is 6.00. The first-order valence-electron chi connectivity index (χ1n) is 6.00. The Labute approximate surface area is 110 Å². The van der Waals surface area contributed by atoms with E-state index in [1.807, 2.05) is 24.3 Å². The van der Waals surface area contributed by atoms with Crippen molar-refractivity contribution in [3.8, 4) is 0 Å². The van der Waals surface area contributed by atoms with Gasteiger partial charge in [-0.25, -0.2) is 5.84 Å². The molecule has 1 aliphatic heterocycles. The number of fused-ring (bicyclic) bond motifs is 1. The van der Waals surface area contributed by atoms with Crippen LogP contribution in [-0.4, -0.2) is 22.6 Å². The van der Waals surface area contributed by atoms with Crippen molar-refractivity contribution in [1.82, 2.24) is 10.2 Å². The minimum absolute atomic E-state index is 0.138. The zero-order chi connectivity index (χ0) is 13.2. The number of aromatic nitrogens is 2. The highest BCUT2D eigenvalue weighted by Crippen LogP contribution is 2.28. The molecule has 3 N–H and O–H groups in total. The van der Waals surface area contributed by atoms with Crippen LogP contribution in [0.5, 0.6) is 0 Å². The van der Waals surface area contributed by atoms with E-state index in [9.17, 15) is 4.79 Å². The van der Waals surface area contributed by atoms with E-state index >= 15 is 0 Å². The molecule has 0 radical (unpaired) electrons. The molecule has 1 aromatic heterocycles. The van der Waals surface area contributed by atoms with E-state index in [0.29, 0.717) is 18.1 Å². The van der Waals surface area contributed by atoms with Gasteiger partial charge in [0, 0.05) is 12.2 Å². The van der Waals surface area contributed by atoms with Gasteiger partial charge in [-0.3, -0.25) is 4.79 Å². The van der Waals surface area contributed by atoms with Crippen molar-refractivity contribution in [1.29, 1.82) is 0 Å². The highest BCUT2D eigenvalue weighted by Gasteiger charge is 2.26. The molecule has 0 atom stereocenters. The zero-order valence-corrected chi connectivity index (χ0v) is 10.2. The number of amides is 1. The molecule has 19 heavy (non-hydrogen) atoms. The number of hydrogen-bond donors (Lipinski definition) is 2. The summed E-state index contributed by atoms with van der Waals surface area (Å²) in [5.41, 5.74) is 4.83. The molecular weight excluding hydrogens is 242 g/mol. The number of hydrazine groups is 1. The van der Waals surface area contributed by atoms with Crippen molar-refractivity contribution in [3.63, 3.8) is 0 Å². The summed E-state index contributed by atoms with van der Waals surface area (Å²) in [7, 11) is 0. The molecule has 0 aliphatic carbocycles. The van der Waals surface area contributed by atoms with Crippen LogP contribution in [0, 0.1) is 0 Å². The number of carbonyl (C=O) groups excluding carboxylic acids is 1. The molecule has 0 saturated heterocycles. The molecule has 2 heterocycles. The highest BCUT2D eigenvalue weighted by atomic mass is 16.2. The molecule has 2 aromatic rings. The molecule has 1 amide bonds. The molecule has 1 aliphatic rings. The average Bonchev–Trinajstić information content (AvgIpc) is 2.90. The first kappa shape index (κ1) is 11.6. The maximum atomic E-state index is 12.4. The van der Waals surface area contributed by atoms with E-state index in [1.54, 1.807) is 17.0 Å². The summed E-state index contributed by atoms with van der Waals surface area (Å²) in [6, 6.07) is 11.1. The third-order valence-corrected chi connectivity index (χ3v) is 3.16. The molecule has 6 heteroatoms. The van der Waals surface area contributed by atoms with Gasteiger partial charge in [0.05, 0.1) is 0 Å². The van der Waals surface area contributed by atoms with Gasteiger partial charge in [-0.2, -0.15) is 0 Å². The quantitative estimate of drug-likeness (QED) is 0.617. The van der Waals surface area contributed by atoms with Crippen molar-refractivity contribution < 1.29 is 4.79 Å². The van der Waals surface area contributed by atoms with Gasteiger partial charge in [0.1, 0.15) is 0 Å². The smallest absolute Gasteiger partial charge is 0.278 e. The molecule has 3 rings (SSSR count). The minimum Gasteiger partial charge on any atom is -0.307 e. The van der Waals surface area contributed by atoms with E-state index in [1.165, 1.54) is 5.56 Å². The van der Waals surface area contributed by atoms with Gasteiger partial charge in [-0.1, -0.05) is 18.2 Å². The number of nitrogens with two attached hydrogens (primary N) is 1. The van der Waals surface area contributed by atoms with Crippen LogP contribution >= 0.6 is 0 Å². The Balaban J connectivity index is 1.89. The number of para-hydroxylation sites is 1. The van der Waals surface area contributed by atoms with Crippen LogP contribution < -0.4 is 16.2 Å². The van der Waals surface area contributed by atoms with E-state index in [2.05, 4.69) is 15.6 Å². The number of nitrogens with one attached hydrogen (secondary N) is 1. The fourth-order valence-electron chi connectivity index (χ4n) is 2.21. The number of carbonyl (C=O) groups is 1. The van der Waals surface area contributed by atoms with Gasteiger partial charge in [-0.15, -0.1) is 10.2 Å². The molecule has 0 saturated carbocycles. The van der Waals surface area contributed by atoms with Gasteiger partial charge >= 0.3 is 0 Å². The number of benzene rings is 1. The predicted octanol–water partition coefficient (Wildman–Crippen LogP) is 0.965. The third-order valence-electron chi connectivity index (χ3n) is 3.16. The minimum atomic E-state index is -0.138. The summed E-state index contributed by atoms with van der Waals surface area (Å²) in [6.07, 6.45) is 0.873. The monoisotopic (exact) mass is 255 g/mol. The molecule has 0 unspecified atom stereocenters. The summed E-state index contributed by atoms with van der Waals surface area (Å²) < 4.78 is 0. The van der Waals surface area contributed by atoms with Crippen molar-refractivity contribution in [2.45, 2.75) is 6.42 Å². The van der Waals surface area contributed by atoms with Crippen molar-refractivity contribution >= 4 is 17.4 Å². The third kappa shape index (κ3) is 2.02. The topological polar surface area (TPSA) is 84.1 Å². The lowest BCUT2D eigenvalue weighted by molar-refractivity contribution is 0.0983. The van der Waals surface area contributed by atoms with Gasteiger partial charge < -0.3 is 10.3 Å². The lowest BCUT2D eigenvalue weighted by atomic mass is 10.2. The van der Waals surface area contributed by atoms with Gasteiger partial charge in [0.2, 0.25) is 0 Å². The summed E-state index contributed by atoms with van der Waals surface area (Å²) >= 11 is 0. The second kappa shape index (κ2) is 4.66. The van der Waals surface area contributed by atoms with Gasteiger partial charge in [-0.05, 0) is 30.2 Å². The summed E-state index contributed by atoms with van der Waals surface area (Å²) in [4.78, 5) is 14.1. The summed E-state index contributed by atoms with van der Waals surface area (Å²) in [6.45, 7) is 0.677. The Bertz CT molecular complexity index is 611. The van der Waals surface area contributed by atoms with Crippen LogP contribution in [0.1, 0.15) is 16.1 Å². The van der Waals surface area contributed by atoms with Crippen molar-refractivity contribution in [2.24, 2.45) is 5.84 Å². The van der Waals surface area contributed by atoms with Gasteiger partial charge in [0.25, 0.3) is 5.91 Å². The molecule has 0 fully saturated rings. The fraction of sp³-hybridized carbons (Fsp3) is 0.154. The average molecular weight is 255 g/mol. The van der Waals surface area contributed by atoms with Crippen LogP contribution in [0.3, 0.4) is 0 Å². The van der Waals surface area contributed by atoms with Crippen LogP contribution in [0.4, 0.5) is 11.5 Å². The molecule has 0 bridgehead atoms. The van der Waals surface area contributed by atoms with Crippen LogP contribution in [-0.2, 0) is 6.42 Å². The normalized spacial score (nSPS) is 13.2. The fourth-order valence-corrected chi connectivity index (χ4v) is 2.21. The number of rotatable bonds is 2. The molecule has 1 aromatic carbocycles. The second-order valence-electron chi connectivity index (χ2n) is 4.28.